The minimum atomic E-state index is -0.844. The van der Waals surface area contributed by atoms with Crippen molar-refractivity contribution in [3.8, 4) is 0 Å². The summed E-state index contributed by atoms with van der Waals surface area (Å²) in [6.07, 6.45) is 85.5. The van der Waals surface area contributed by atoms with Crippen LogP contribution in [-0.2, 0) is 14.3 Å². The van der Waals surface area contributed by atoms with Gasteiger partial charge >= 0.3 is 5.97 Å². The average Bonchev–Trinajstić information content (AvgIpc) is 3.44. The van der Waals surface area contributed by atoms with Crippen molar-refractivity contribution < 1.29 is 24.5 Å². The van der Waals surface area contributed by atoms with E-state index in [0.717, 1.165) is 38.5 Å². The van der Waals surface area contributed by atoms with Gasteiger partial charge < -0.3 is 20.3 Å². The zero-order chi connectivity index (χ0) is 56.4. The third kappa shape index (κ3) is 63.5. The highest BCUT2D eigenvalue weighted by atomic mass is 16.5. The maximum Gasteiger partial charge on any atom is 0.305 e. The van der Waals surface area contributed by atoms with E-state index in [9.17, 15) is 19.8 Å². The van der Waals surface area contributed by atoms with E-state index < -0.39 is 12.1 Å². The molecule has 78 heavy (non-hydrogen) atoms. The summed E-state index contributed by atoms with van der Waals surface area (Å²) in [7, 11) is 0. The fourth-order valence-electron chi connectivity index (χ4n) is 11.3. The first-order valence-corrected chi connectivity index (χ1v) is 35.6. The third-order valence-corrected chi connectivity index (χ3v) is 16.7. The molecule has 0 radical (unpaired) electrons. The summed E-state index contributed by atoms with van der Waals surface area (Å²) in [5, 5.41) is 23.2. The van der Waals surface area contributed by atoms with Crippen LogP contribution in [0.3, 0.4) is 0 Å². The maximum atomic E-state index is 12.5. The van der Waals surface area contributed by atoms with Crippen molar-refractivity contribution in [3.05, 3.63) is 24.3 Å². The molecule has 2 unspecified atom stereocenters. The molecule has 1 amide bonds. The number of aliphatic hydroxyl groups is 2. The molecule has 2 atom stereocenters. The van der Waals surface area contributed by atoms with Crippen molar-refractivity contribution in [1.82, 2.24) is 5.32 Å². The van der Waals surface area contributed by atoms with Gasteiger partial charge in [-0.2, -0.15) is 0 Å². The summed E-state index contributed by atoms with van der Waals surface area (Å²) in [4.78, 5) is 24.6. The quantitative estimate of drug-likeness (QED) is 0.0320. The number of carbonyl (C=O) groups is 2. The number of esters is 1. The number of aliphatic hydroxyl groups excluding tert-OH is 2. The molecule has 3 N–H and O–H groups in total. The monoisotopic (exact) mass is 1100 g/mol. The van der Waals surface area contributed by atoms with E-state index in [2.05, 4.69) is 31.3 Å². The summed E-state index contributed by atoms with van der Waals surface area (Å²) in [6.45, 7) is 4.94. The molecule has 6 nitrogen and oxygen atoms in total. The van der Waals surface area contributed by atoms with Crippen LogP contribution in [0, 0.1) is 0 Å². The number of nitrogens with one attached hydrogen (secondary N) is 1. The molecule has 0 aliphatic carbocycles. The van der Waals surface area contributed by atoms with E-state index in [4.69, 9.17) is 4.74 Å². The molecule has 0 aromatic carbocycles. The molecular weight excluding hydrogens is 959 g/mol. The van der Waals surface area contributed by atoms with E-state index in [-0.39, 0.29) is 18.5 Å². The van der Waals surface area contributed by atoms with Crippen LogP contribution in [0.5, 0.6) is 0 Å². The Labute approximate surface area is 488 Å². The Morgan fingerprint density at radius 2 is 0.603 bits per heavy atom. The van der Waals surface area contributed by atoms with Crippen molar-refractivity contribution in [3.63, 3.8) is 0 Å². The molecule has 0 aromatic heterocycles. The third-order valence-electron chi connectivity index (χ3n) is 16.7. The highest BCUT2D eigenvalue weighted by molar-refractivity contribution is 5.76. The highest BCUT2D eigenvalue weighted by Crippen LogP contribution is 2.19. The number of allylic oxidation sites excluding steroid dienone is 3. The van der Waals surface area contributed by atoms with E-state index in [0.29, 0.717) is 19.4 Å². The second-order valence-corrected chi connectivity index (χ2v) is 24.6. The second kappa shape index (κ2) is 67.8. The Morgan fingerprint density at radius 1 is 0.346 bits per heavy atom. The first-order chi connectivity index (χ1) is 38.5. The van der Waals surface area contributed by atoms with Gasteiger partial charge in [-0.1, -0.05) is 353 Å². The van der Waals surface area contributed by atoms with Crippen LogP contribution in [0.2, 0.25) is 0 Å². The Balaban J connectivity index is 3.39. The van der Waals surface area contributed by atoms with Gasteiger partial charge in [0.05, 0.1) is 25.4 Å². The molecule has 0 saturated heterocycles. The van der Waals surface area contributed by atoms with Crippen molar-refractivity contribution >= 4 is 11.9 Å². The molecule has 0 bridgehead atoms. The van der Waals surface area contributed by atoms with E-state index >= 15 is 0 Å². The molecule has 0 spiro atoms. The highest BCUT2D eigenvalue weighted by Gasteiger charge is 2.18. The van der Waals surface area contributed by atoms with Crippen molar-refractivity contribution in [2.45, 2.75) is 411 Å². The summed E-state index contributed by atoms with van der Waals surface area (Å²) >= 11 is 0. The summed E-state index contributed by atoms with van der Waals surface area (Å²) in [5.41, 5.74) is 0. The van der Waals surface area contributed by atoms with Gasteiger partial charge in [0.2, 0.25) is 5.91 Å². The number of hydrogen-bond donors (Lipinski definition) is 3. The average molecular weight is 1100 g/mol. The minimum absolute atomic E-state index is 0.0184. The zero-order valence-electron chi connectivity index (χ0n) is 52.9. The normalized spacial score (nSPS) is 12.6. The predicted molar refractivity (Wildman–Crippen MR) is 343 cm³/mol. The Hall–Kier alpha value is -1.66. The van der Waals surface area contributed by atoms with Gasteiger partial charge in [-0.15, -0.1) is 0 Å². The lowest BCUT2D eigenvalue weighted by atomic mass is 10.0. The molecule has 0 heterocycles. The van der Waals surface area contributed by atoms with Crippen LogP contribution < -0.4 is 5.32 Å². The molecule has 0 aliphatic rings. The number of amides is 1. The second-order valence-electron chi connectivity index (χ2n) is 24.6. The van der Waals surface area contributed by atoms with Crippen LogP contribution in [0.15, 0.2) is 24.3 Å². The van der Waals surface area contributed by atoms with E-state index in [1.54, 1.807) is 6.08 Å². The molecule has 0 rings (SSSR count). The van der Waals surface area contributed by atoms with Gasteiger partial charge in [0.25, 0.3) is 0 Å². The number of unbranched alkanes of at least 4 members (excludes halogenated alkanes) is 54. The largest absolute Gasteiger partial charge is 0.466 e. The summed E-state index contributed by atoms with van der Waals surface area (Å²) < 4.78 is 5.49. The van der Waals surface area contributed by atoms with Gasteiger partial charge in [0, 0.05) is 12.8 Å². The standard InChI is InChI=1S/C72H139NO5/c1-3-5-7-9-11-13-15-17-18-19-31-34-37-41-44-48-52-56-60-64-70(75)69(68-74)73-71(76)65-61-57-53-49-45-42-38-35-32-29-27-25-23-21-20-22-24-26-28-30-33-36-39-43-47-51-55-59-63-67-78-72(77)66-62-58-54-50-46-40-16-14-12-10-8-6-4-2/h20,22,60,64,69-70,74-75H,3-19,21,23-59,61-63,65-68H2,1-2H3,(H,73,76)/b22-20-,64-60+. The minimum Gasteiger partial charge on any atom is -0.466 e. The molecule has 0 saturated carbocycles. The zero-order valence-corrected chi connectivity index (χ0v) is 52.9. The SMILES string of the molecule is CCCCCCCCCCCCCCCCCCC/C=C/C(O)C(CO)NC(=O)CCCCCCCCCCCCCCC/C=C\CCCCCCCCCCCCCCOC(=O)CCCCCCCCCCCCCCC. The number of ether oxygens (including phenoxy) is 1. The molecule has 0 fully saturated rings. The first kappa shape index (κ1) is 76.3. The Kier molecular flexibility index (Phi) is 66.4. The fourth-order valence-corrected chi connectivity index (χ4v) is 11.3. The van der Waals surface area contributed by atoms with Crippen LogP contribution in [0.1, 0.15) is 399 Å². The lowest BCUT2D eigenvalue weighted by molar-refractivity contribution is -0.143. The lowest BCUT2D eigenvalue weighted by Gasteiger charge is -2.20. The number of carbonyl (C=O) groups excluding carboxylic acids is 2. The Morgan fingerprint density at radius 3 is 0.910 bits per heavy atom. The van der Waals surface area contributed by atoms with Crippen LogP contribution in [-0.4, -0.2) is 47.4 Å². The van der Waals surface area contributed by atoms with Gasteiger partial charge in [-0.25, -0.2) is 0 Å². The van der Waals surface area contributed by atoms with Gasteiger partial charge in [-0.3, -0.25) is 9.59 Å². The van der Waals surface area contributed by atoms with Gasteiger partial charge in [-0.05, 0) is 57.8 Å². The first-order valence-electron chi connectivity index (χ1n) is 35.6. The van der Waals surface area contributed by atoms with Crippen molar-refractivity contribution in [1.29, 1.82) is 0 Å². The molecule has 6 heteroatoms. The summed E-state index contributed by atoms with van der Waals surface area (Å²) in [6, 6.07) is -0.628. The van der Waals surface area contributed by atoms with Gasteiger partial charge in [0.15, 0.2) is 0 Å². The van der Waals surface area contributed by atoms with E-state index in [1.807, 2.05) is 6.08 Å². The lowest BCUT2D eigenvalue weighted by Crippen LogP contribution is -2.45. The van der Waals surface area contributed by atoms with Crippen LogP contribution >= 0.6 is 0 Å². The molecule has 462 valence electrons. The van der Waals surface area contributed by atoms with Crippen molar-refractivity contribution in [2.24, 2.45) is 0 Å². The molecule has 0 aromatic rings. The number of hydrogen-bond acceptors (Lipinski definition) is 5. The van der Waals surface area contributed by atoms with E-state index in [1.165, 1.54) is 334 Å². The summed E-state index contributed by atoms with van der Waals surface area (Å²) in [5.74, 6) is -0.0450. The smallest absolute Gasteiger partial charge is 0.305 e. The molecule has 0 aliphatic heterocycles. The Bertz CT molecular complexity index is 1220. The topological polar surface area (TPSA) is 95.9 Å². The van der Waals surface area contributed by atoms with Gasteiger partial charge in [0.1, 0.15) is 0 Å². The van der Waals surface area contributed by atoms with Crippen LogP contribution in [0.25, 0.3) is 0 Å². The molecular formula is C72H139NO5. The maximum absolute atomic E-state index is 12.5. The predicted octanol–water partition coefficient (Wildman–Crippen LogP) is 22.9. The number of rotatable bonds is 67. The van der Waals surface area contributed by atoms with Crippen molar-refractivity contribution in [2.75, 3.05) is 13.2 Å². The van der Waals surface area contributed by atoms with Crippen LogP contribution in [0.4, 0.5) is 0 Å². The fraction of sp³-hybridized carbons (Fsp3) is 0.917.